The van der Waals surface area contributed by atoms with E-state index in [-0.39, 0.29) is 5.39 Å². The van der Waals surface area contributed by atoms with Crippen molar-refractivity contribution in [3.05, 3.63) is 60.2 Å². The van der Waals surface area contributed by atoms with Gasteiger partial charge in [0.25, 0.3) is 0 Å². The van der Waals surface area contributed by atoms with Crippen molar-refractivity contribution in [1.29, 1.82) is 0 Å². The van der Waals surface area contributed by atoms with Crippen molar-refractivity contribution >= 4 is 16.6 Å². The molecule has 3 aromatic rings. The lowest BCUT2D eigenvalue weighted by Gasteiger charge is -2.09. The second-order valence-corrected chi connectivity index (χ2v) is 4.73. The molecule has 0 aliphatic rings. The Morgan fingerprint density at radius 2 is 1.57 bits per heavy atom. The van der Waals surface area contributed by atoms with Gasteiger partial charge >= 0.3 is 6.18 Å². The van der Waals surface area contributed by atoms with Gasteiger partial charge in [-0.15, -0.1) is 0 Å². The number of nitrogen functional groups attached to an aromatic ring is 1. The number of aromatic amines is 1. The van der Waals surface area contributed by atoms with Crippen molar-refractivity contribution in [2.75, 3.05) is 5.73 Å². The monoisotopic (exact) mass is 289 g/mol. The molecule has 2 aromatic carbocycles. The molecule has 3 N–H and O–H groups in total. The molecule has 1 heterocycles. The van der Waals surface area contributed by atoms with Gasteiger partial charge in [0.05, 0.1) is 16.5 Å². The molecule has 2 nitrogen and oxygen atoms in total. The number of aromatic nitrogens is 1. The fourth-order valence-corrected chi connectivity index (χ4v) is 2.35. The molecule has 1 aromatic heterocycles. The number of para-hydroxylation sites is 2. The molecule has 3 rings (SSSR count). The average molecular weight is 289 g/mol. The highest BCUT2D eigenvalue weighted by Gasteiger charge is 2.35. The van der Waals surface area contributed by atoms with Crippen LogP contribution in [0.5, 0.6) is 0 Å². The Hall–Kier alpha value is -2.56. The normalized spacial score (nSPS) is 11.8. The quantitative estimate of drug-likeness (QED) is 0.678. The third kappa shape index (κ3) is 2.42. The minimum atomic E-state index is -4.42. The average Bonchev–Trinajstić information content (AvgIpc) is 2.45. The van der Waals surface area contributed by atoms with Crippen LogP contribution < -0.4 is 10.7 Å². The number of benzene rings is 2. The molecule has 0 bridgehead atoms. The first-order valence-electron chi connectivity index (χ1n) is 6.34. The lowest BCUT2D eigenvalue weighted by Crippen LogP contribution is -2.15. The Morgan fingerprint density at radius 1 is 0.905 bits per heavy atom. The van der Waals surface area contributed by atoms with Crippen LogP contribution in [0.3, 0.4) is 0 Å². The summed E-state index contributed by atoms with van der Waals surface area (Å²) in [4.78, 5) is 3.02. The number of nitrogens with two attached hydrogens (primary N) is 1. The van der Waals surface area contributed by atoms with Crippen molar-refractivity contribution < 1.29 is 18.2 Å². The zero-order chi connectivity index (χ0) is 15.0. The number of halogens is 3. The molecule has 0 fully saturated rings. The number of fused-ring (bicyclic) bond motifs is 1. The molecule has 5 heteroatoms. The maximum atomic E-state index is 13.3. The van der Waals surface area contributed by atoms with Crippen LogP contribution in [0.1, 0.15) is 5.56 Å². The summed E-state index contributed by atoms with van der Waals surface area (Å²) in [6.45, 7) is 0. The highest BCUT2D eigenvalue weighted by atomic mass is 19.4. The molecule has 0 aliphatic carbocycles. The van der Waals surface area contributed by atoms with E-state index in [1.165, 1.54) is 6.07 Å². The van der Waals surface area contributed by atoms with Crippen molar-refractivity contribution in [1.82, 2.24) is 0 Å². The van der Waals surface area contributed by atoms with Crippen molar-refractivity contribution in [2.24, 2.45) is 0 Å². The first kappa shape index (κ1) is 13.4. The minimum Gasteiger partial charge on any atom is -0.398 e. The second-order valence-electron chi connectivity index (χ2n) is 4.73. The molecular weight excluding hydrogens is 277 g/mol. The fraction of sp³-hybridized carbons (Fsp3) is 0.0625. The van der Waals surface area contributed by atoms with Crippen molar-refractivity contribution in [2.45, 2.75) is 6.18 Å². The van der Waals surface area contributed by atoms with Gasteiger partial charge in [0, 0.05) is 17.8 Å². The molecule has 0 amide bonds. The van der Waals surface area contributed by atoms with Crippen molar-refractivity contribution in [3.63, 3.8) is 0 Å². The summed E-state index contributed by atoms with van der Waals surface area (Å²) in [5, 5.41) is 0.142. The van der Waals surface area contributed by atoms with E-state index in [1.807, 2.05) is 0 Å². The van der Waals surface area contributed by atoms with Crippen LogP contribution in [0.25, 0.3) is 22.2 Å². The van der Waals surface area contributed by atoms with Crippen molar-refractivity contribution in [3.8, 4) is 11.3 Å². The lowest BCUT2D eigenvalue weighted by molar-refractivity contribution is -0.331. The summed E-state index contributed by atoms with van der Waals surface area (Å²) in [6.07, 6.45) is -4.42. The molecular formula is C16H12F3N2+. The second kappa shape index (κ2) is 4.77. The number of anilines is 1. The number of hydrogen-bond acceptors (Lipinski definition) is 1. The van der Waals surface area contributed by atoms with E-state index >= 15 is 0 Å². The first-order chi connectivity index (χ1) is 9.97. The summed E-state index contributed by atoms with van der Waals surface area (Å²) >= 11 is 0. The summed E-state index contributed by atoms with van der Waals surface area (Å²) in [5.74, 6) is 0. The van der Waals surface area contributed by atoms with Gasteiger partial charge < -0.3 is 5.73 Å². The van der Waals surface area contributed by atoms with Gasteiger partial charge in [-0.2, -0.15) is 13.2 Å². The summed E-state index contributed by atoms with van der Waals surface area (Å²) in [6, 6.07) is 14.3. The number of H-pyrrole nitrogens is 1. The Bertz CT molecular complexity index is 810. The number of nitrogens with one attached hydrogen (secondary N) is 1. The van der Waals surface area contributed by atoms with Gasteiger partial charge in [0.2, 0.25) is 11.2 Å². The highest BCUT2D eigenvalue weighted by Crippen LogP contribution is 2.36. The summed E-state index contributed by atoms with van der Waals surface area (Å²) in [5.41, 5.74) is 6.93. The Morgan fingerprint density at radius 3 is 2.29 bits per heavy atom. The van der Waals surface area contributed by atoms with E-state index in [9.17, 15) is 13.2 Å². The maximum absolute atomic E-state index is 13.3. The third-order valence-corrected chi connectivity index (χ3v) is 3.33. The largest absolute Gasteiger partial charge is 0.417 e. The highest BCUT2D eigenvalue weighted by molar-refractivity contribution is 5.83. The molecule has 21 heavy (non-hydrogen) atoms. The Balaban J connectivity index is 2.34. The van der Waals surface area contributed by atoms with E-state index in [4.69, 9.17) is 5.73 Å². The maximum Gasteiger partial charge on any atom is 0.417 e. The van der Waals surface area contributed by atoms with Crippen LogP contribution >= 0.6 is 0 Å². The number of alkyl halides is 3. The third-order valence-electron chi connectivity index (χ3n) is 3.33. The van der Waals surface area contributed by atoms with E-state index in [1.54, 1.807) is 42.5 Å². The standard InChI is InChI=1S/C16H11F3N2/c17-16(18,19)12-9-15(11-6-1-3-7-13(11)20)21-14-8-4-2-5-10(12)14/h1-9H,20H2/p+1. The Kier molecular flexibility index (Phi) is 3.05. The summed E-state index contributed by atoms with van der Waals surface area (Å²) < 4.78 is 39.8. The molecule has 106 valence electrons. The molecule has 0 saturated heterocycles. The van der Waals surface area contributed by atoms with Crippen LogP contribution in [0, 0.1) is 0 Å². The van der Waals surface area contributed by atoms with Crippen LogP contribution in [0.4, 0.5) is 18.9 Å². The fourth-order valence-electron chi connectivity index (χ4n) is 2.35. The molecule has 0 saturated carbocycles. The van der Waals surface area contributed by atoms with Gasteiger partial charge in [-0.05, 0) is 18.2 Å². The van der Waals surface area contributed by atoms with E-state index < -0.39 is 11.7 Å². The first-order valence-corrected chi connectivity index (χ1v) is 6.34. The van der Waals surface area contributed by atoms with E-state index in [2.05, 4.69) is 4.98 Å². The zero-order valence-electron chi connectivity index (χ0n) is 10.9. The van der Waals surface area contributed by atoms with Crippen LogP contribution in [-0.2, 0) is 6.18 Å². The minimum absolute atomic E-state index is 0.142. The topological polar surface area (TPSA) is 40.2 Å². The molecule has 0 aliphatic heterocycles. The predicted octanol–water partition coefficient (Wildman–Crippen LogP) is 3.92. The lowest BCUT2D eigenvalue weighted by atomic mass is 10.0. The van der Waals surface area contributed by atoms with Gasteiger partial charge in [-0.3, -0.25) is 0 Å². The van der Waals surface area contributed by atoms with Gasteiger partial charge in [0.1, 0.15) is 0 Å². The summed E-state index contributed by atoms with van der Waals surface area (Å²) in [7, 11) is 0. The van der Waals surface area contributed by atoms with Crippen LogP contribution in [-0.4, -0.2) is 0 Å². The number of hydrogen-bond donors (Lipinski definition) is 1. The number of rotatable bonds is 1. The van der Waals surface area contributed by atoms with Gasteiger partial charge in [-0.25, -0.2) is 4.98 Å². The molecule has 0 atom stereocenters. The van der Waals surface area contributed by atoms with Gasteiger partial charge in [-0.1, -0.05) is 24.3 Å². The van der Waals surface area contributed by atoms with Crippen LogP contribution in [0.2, 0.25) is 0 Å². The zero-order valence-corrected chi connectivity index (χ0v) is 10.9. The number of pyridine rings is 1. The smallest absolute Gasteiger partial charge is 0.398 e. The van der Waals surface area contributed by atoms with Gasteiger partial charge in [0.15, 0.2) is 0 Å². The van der Waals surface area contributed by atoms with E-state index in [0.29, 0.717) is 22.5 Å². The molecule has 0 radical (unpaired) electrons. The SMILES string of the molecule is Nc1ccccc1-c1cc(C(F)(F)F)c2ccccc2[nH+]1. The molecule has 0 spiro atoms. The van der Waals surface area contributed by atoms with E-state index in [0.717, 1.165) is 6.07 Å². The van der Waals surface area contributed by atoms with Crippen LogP contribution in [0.15, 0.2) is 54.6 Å². The predicted molar refractivity (Wildman–Crippen MR) is 75.4 cm³/mol. The molecule has 0 unspecified atom stereocenters. The Labute approximate surface area is 119 Å².